The van der Waals surface area contributed by atoms with Gasteiger partial charge in [-0.05, 0) is 16.7 Å². The fourth-order valence-corrected chi connectivity index (χ4v) is 3.71. The van der Waals surface area contributed by atoms with Crippen LogP contribution in [0.15, 0.2) is 96.2 Å². The highest BCUT2D eigenvalue weighted by molar-refractivity contribution is 6.01. The number of hydrogen-bond acceptors (Lipinski definition) is 3. The summed E-state index contributed by atoms with van der Waals surface area (Å²) in [7, 11) is 1.84. The van der Waals surface area contributed by atoms with E-state index in [1.807, 2.05) is 98.0 Å². The van der Waals surface area contributed by atoms with Crippen molar-refractivity contribution in [3.63, 3.8) is 0 Å². The van der Waals surface area contributed by atoms with Crippen molar-refractivity contribution >= 4 is 11.6 Å². The van der Waals surface area contributed by atoms with Gasteiger partial charge in [0.15, 0.2) is 6.10 Å². The molecule has 0 saturated heterocycles. The van der Waals surface area contributed by atoms with Crippen molar-refractivity contribution in [3.8, 4) is 0 Å². The van der Waals surface area contributed by atoms with Crippen molar-refractivity contribution in [1.29, 1.82) is 0 Å². The summed E-state index contributed by atoms with van der Waals surface area (Å²) in [5, 5.41) is 4.24. The van der Waals surface area contributed by atoms with Gasteiger partial charge in [0, 0.05) is 13.5 Å². The summed E-state index contributed by atoms with van der Waals surface area (Å²) < 4.78 is 0. The molecule has 3 aromatic carbocycles. The van der Waals surface area contributed by atoms with Gasteiger partial charge >= 0.3 is 0 Å². The highest BCUT2D eigenvalue weighted by Gasteiger charge is 2.29. The number of hydrogen-bond donors (Lipinski definition) is 0. The minimum atomic E-state index is -0.335. The van der Waals surface area contributed by atoms with Gasteiger partial charge in [-0.15, -0.1) is 0 Å². The quantitative estimate of drug-likeness (QED) is 0.629. The molecule has 0 N–H and O–H groups in total. The Kier molecular flexibility index (Phi) is 5.71. The Balaban J connectivity index is 1.47. The first kappa shape index (κ1) is 18.9. The van der Waals surface area contributed by atoms with Crippen molar-refractivity contribution in [2.75, 3.05) is 13.6 Å². The Morgan fingerprint density at radius 3 is 2.00 bits per heavy atom. The molecule has 1 aliphatic heterocycles. The van der Waals surface area contributed by atoms with Crippen LogP contribution < -0.4 is 0 Å². The van der Waals surface area contributed by atoms with Crippen molar-refractivity contribution in [2.24, 2.45) is 5.16 Å². The molecule has 0 aliphatic carbocycles. The first-order valence-corrected chi connectivity index (χ1v) is 9.85. The zero-order chi connectivity index (χ0) is 20.1. The highest BCUT2D eigenvalue weighted by atomic mass is 16.6. The molecule has 0 aromatic heterocycles. The lowest BCUT2D eigenvalue weighted by atomic mass is 9.90. The maximum absolute atomic E-state index is 13.4. The Hall–Kier alpha value is -3.40. The molecule has 1 atom stereocenters. The van der Waals surface area contributed by atoms with Gasteiger partial charge in [-0.1, -0.05) is 96.2 Å². The van der Waals surface area contributed by atoms with Crippen LogP contribution in [0.5, 0.6) is 0 Å². The van der Waals surface area contributed by atoms with Crippen LogP contribution in [-0.4, -0.2) is 36.2 Å². The second kappa shape index (κ2) is 8.74. The first-order chi connectivity index (χ1) is 14.2. The molecule has 146 valence electrons. The third-order valence-electron chi connectivity index (χ3n) is 5.21. The molecule has 0 radical (unpaired) electrons. The van der Waals surface area contributed by atoms with Crippen molar-refractivity contribution in [3.05, 3.63) is 108 Å². The molecule has 4 heteroatoms. The van der Waals surface area contributed by atoms with E-state index in [0.29, 0.717) is 13.0 Å². The molecule has 4 rings (SSSR count). The summed E-state index contributed by atoms with van der Waals surface area (Å²) in [6.45, 7) is 0.495. The molecule has 0 spiro atoms. The molecular formula is C25H24N2O2. The number of carbonyl (C=O) groups is 1. The Morgan fingerprint density at radius 1 is 0.931 bits per heavy atom. The molecule has 3 aromatic rings. The van der Waals surface area contributed by atoms with E-state index in [1.54, 1.807) is 4.90 Å². The standard InChI is InChI=1S/C25H24N2O2/c1-27(18-22-17-23(26-29-22)19-11-5-2-6-12-19)25(28)24(20-13-7-3-8-14-20)21-15-9-4-10-16-21/h2-16,22,24H,17-18H2,1H3/t22-/m0/s1. The lowest BCUT2D eigenvalue weighted by molar-refractivity contribution is -0.132. The van der Waals surface area contributed by atoms with Crippen molar-refractivity contribution in [1.82, 2.24) is 4.90 Å². The topological polar surface area (TPSA) is 41.9 Å². The smallest absolute Gasteiger partial charge is 0.234 e. The number of nitrogens with zero attached hydrogens (tertiary/aromatic N) is 2. The summed E-state index contributed by atoms with van der Waals surface area (Å²) in [6, 6.07) is 29.9. The van der Waals surface area contributed by atoms with Gasteiger partial charge in [-0.25, -0.2) is 0 Å². The van der Waals surface area contributed by atoms with Gasteiger partial charge in [0.25, 0.3) is 0 Å². The van der Waals surface area contributed by atoms with E-state index < -0.39 is 0 Å². The monoisotopic (exact) mass is 384 g/mol. The molecule has 1 aliphatic rings. The van der Waals surface area contributed by atoms with Gasteiger partial charge in [-0.2, -0.15) is 0 Å². The summed E-state index contributed by atoms with van der Waals surface area (Å²) in [5.74, 6) is -0.280. The normalized spacial score (nSPS) is 15.7. The number of likely N-dealkylation sites (N-methyl/N-ethyl adjacent to an activating group) is 1. The molecule has 0 unspecified atom stereocenters. The maximum Gasteiger partial charge on any atom is 0.234 e. The van der Waals surface area contributed by atoms with Crippen molar-refractivity contribution in [2.45, 2.75) is 18.4 Å². The van der Waals surface area contributed by atoms with Crippen LogP contribution >= 0.6 is 0 Å². The van der Waals surface area contributed by atoms with E-state index in [9.17, 15) is 4.79 Å². The third-order valence-corrected chi connectivity index (χ3v) is 5.21. The molecule has 0 fully saturated rings. The van der Waals surface area contributed by atoms with Crippen LogP contribution in [0.25, 0.3) is 0 Å². The Bertz CT molecular complexity index is 932. The van der Waals surface area contributed by atoms with Gasteiger partial charge in [-0.3, -0.25) is 4.79 Å². The molecule has 1 amide bonds. The van der Waals surface area contributed by atoms with Crippen LogP contribution in [0.4, 0.5) is 0 Å². The minimum absolute atomic E-state index is 0.0548. The van der Waals surface area contributed by atoms with E-state index in [1.165, 1.54) is 0 Å². The third kappa shape index (κ3) is 4.37. The lowest BCUT2D eigenvalue weighted by Crippen LogP contribution is -2.38. The van der Waals surface area contributed by atoms with E-state index in [-0.39, 0.29) is 17.9 Å². The van der Waals surface area contributed by atoms with Crippen LogP contribution in [0.2, 0.25) is 0 Å². The second-order valence-electron chi connectivity index (χ2n) is 7.31. The highest BCUT2D eigenvalue weighted by Crippen LogP contribution is 2.27. The van der Waals surface area contributed by atoms with Crippen LogP contribution in [0.3, 0.4) is 0 Å². The number of carbonyl (C=O) groups excluding carboxylic acids is 1. The minimum Gasteiger partial charge on any atom is -0.390 e. The number of amides is 1. The molecule has 29 heavy (non-hydrogen) atoms. The zero-order valence-electron chi connectivity index (χ0n) is 16.4. The lowest BCUT2D eigenvalue weighted by Gasteiger charge is -2.26. The Labute approximate surface area is 171 Å². The maximum atomic E-state index is 13.4. The van der Waals surface area contributed by atoms with Gasteiger partial charge in [0.1, 0.15) is 0 Å². The fourth-order valence-electron chi connectivity index (χ4n) is 3.71. The second-order valence-corrected chi connectivity index (χ2v) is 7.31. The average Bonchev–Trinajstić information content (AvgIpc) is 3.24. The summed E-state index contributed by atoms with van der Waals surface area (Å²) in [4.78, 5) is 20.8. The molecule has 0 bridgehead atoms. The summed E-state index contributed by atoms with van der Waals surface area (Å²) in [5.41, 5.74) is 3.97. The molecule has 4 nitrogen and oxygen atoms in total. The predicted octanol–water partition coefficient (Wildman–Crippen LogP) is 4.47. The summed E-state index contributed by atoms with van der Waals surface area (Å²) in [6.07, 6.45) is 0.564. The number of oxime groups is 1. The van der Waals surface area contributed by atoms with Crippen LogP contribution in [-0.2, 0) is 9.63 Å². The van der Waals surface area contributed by atoms with E-state index >= 15 is 0 Å². The average molecular weight is 384 g/mol. The van der Waals surface area contributed by atoms with Gasteiger partial charge in [0.05, 0.1) is 18.2 Å². The van der Waals surface area contributed by atoms with E-state index in [4.69, 9.17) is 4.84 Å². The van der Waals surface area contributed by atoms with Crippen molar-refractivity contribution < 1.29 is 9.63 Å². The van der Waals surface area contributed by atoms with Crippen LogP contribution in [0.1, 0.15) is 29.0 Å². The van der Waals surface area contributed by atoms with Gasteiger partial charge in [0.2, 0.25) is 5.91 Å². The SMILES string of the molecule is CN(C[C@@H]1CC(c2ccccc2)=NO1)C(=O)C(c1ccccc1)c1ccccc1. The van der Waals surface area contributed by atoms with Gasteiger partial charge < -0.3 is 9.74 Å². The van der Waals surface area contributed by atoms with E-state index in [0.717, 1.165) is 22.4 Å². The molecule has 0 saturated carbocycles. The van der Waals surface area contributed by atoms with E-state index in [2.05, 4.69) is 5.16 Å². The largest absolute Gasteiger partial charge is 0.390 e. The number of benzene rings is 3. The molecular weight excluding hydrogens is 360 g/mol. The summed E-state index contributed by atoms with van der Waals surface area (Å²) >= 11 is 0. The number of rotatable bonds is 6. The first-order valence-electron chi connectivity index (χ1n) is 9.85. The zero-order valence-corrected chi connectivity index (χ0v) is 16.4. The molecule has 1 heterocycles. The van der Waals surface area contributed by atoms with Crippen LogP contribution in [0, 0.1) is 0 Å². The Morgan fingerprint density at radius 2 is 1.45 bits per heavy atom. The predicted molar refractivity (Wildman–Crippen MR) is 115 cm³/mol. The fraction of sp³-hybridized carbons (Fsp3) is 0.200.